The number of hydrogen-bond donors (Lipinski definition) is 1. The van der Waals surface area contributed by atoms with Gasteiger partial charge in [-0.05, 0) is 51.6 Å². The first kappa shape index (κ1) is 19.4. The van der Waals surface area contributed by atoms with Gasteiger partial charge in [-0.25, -0.2) is 0 Å². The first-order valence-corrected chi connectivity index (χ1v) is 9.85. The maximum absolute atomic E-state index is 12.7. The van der Waals surface area contributed by atoms with Gasteiger partial charge in [0, 0.05) is 44.2 Å². The Labute approximate surface area is 163 Å². The molecule has 1 saturated heterocycles. The summed E-state index contributed by atoms with van der Waals surface area (Å²) in [5.74, 6) is 0.168. The van der Waals surface area contributed by atoms with Crippen LogP contribution in [-0.2, 0) is 6.42 Å². The largest absolute Gasteiger partial charge is 0.381 e. The third kappa shape index (κ3) is 5.10. The number of carbonyl (C=O) groups excluding carboxylic acids is 1. The minimum absolute atomic E-state index is 0.168. The summed E-state index contributed by atoms with van der Waals surface area (Å²) < 4.78 is 0. The van der Waals surface area contributed by atoms with Gasteiger partial charge in [-0.15, -0.1) is 0 Å². The van der Waals surface area contributed by atoms with E-state index in [9.17, 15) is 4.79 Å². The zero-order valence-corrected chi connectivity index (χ0v) is 17.0. The Kier molecular flexibility index (Phi) is 6.17. The van der Waals surface area contributed by atoms with Crippen molar-refractivity contribution in [3.63, 3.8) is 0 Å². The molecule has 1 N–H and O–H groups in total. The molecule has 0 amide bonds. The summed E-state index contributed by atoms with van der Waals surface area (Å²) in [6.45, 7) is 10.5. The molecule has 4 heteroatoms. The molecule has 0 saturated carbocycles. The topological polar surface area (TPSA) is 35.6 Å². The standard InChI is InChI=1S/C23H31N3O/c1-17(2)24-21-15-19(16-23(27)20-7-5-6-18(3)14-20)8-9-22(21)26-12-10-25(4)11-13-26/h5-9,14-15,17,24H,10-13,16H2,1-4H3. The van der Waals surface area contributed by atoms with Crippen LogP contribution in [0.3, 0.4) is 0 Å². The Morgan fingerprint density at radius 1 is 1.07 bits per heavy atom. The number of benzene rings is 2. The SMILES string of the molecule is Cc1cccc(C(=O)Cc2ccc(N3CCN(C)CC3)c(NC(C)C)c2)c1. The predicted molar refractivity (Wildman–Crippen MR) is 114 cm³/mol. The average Bonchev–Trinajstić information content (AvgIpc) is 2.62. The molecule has 0 aliphatic carbocycles. The van der Waals surface area contributed by atoms with Crippen LogP contribution in [0, 0.1) is 6.92 Å². The lowest BCUT2D eigenvalue weighted by Crippen LogP contribution is -2.44. The van der Waals surface area contributed by atoms with Crippen molar-refractivity contribution in [1.29, 1.82) is 0 Å². The van der Waals surface area contributed by atoms with Gasteiger partial charge in [-0.3, -0.25) is 4.79 Å². The highest BCUT2D eigenvalue weighted by Crippen LogP contribution is 2.29. The molecule has 0 aromatic heterocycles. The molecule has 2 aromatic rings. The molecule has 0 atom stereocenters. The van der Waals surface area contributed by atoms with Crippen LogP contribution in [0.2, 0.25) is 0 Å². The summed E-state index contributed by atoms with van der Waals surface area (Å²) in [6, 6.07) is 14.6. The van der Waals surface area contributed by atoms with E-state index in [0.717, 1.165) is 48.6 Å². The maximum Gasteiger partial charge on any atom is 0.167 e. The monoisotopic (exact) mass is 365 g/mol. The summed E-state index contributed by atoms with van der Waals surface area (Å²) in [7, 11) is 2.17. The fourth-order valence-corrected chi connectivity index (χ4v) is 3.55. The van der Waals surface area contributed by atoms with E-state index in [1.54, 1.807) is 0 Å². The number of nitrogens with zero attached hydrogens (tertiary/aromatic N) is 2. The highest BCUT2D eigenvalue weighted by atomic mass is 16.1. The molecule has 3 rings (SSSR count). The number of carbonyl (C=O) groups is 1. The first-order chi connectivity index (χ1) is 12.9. The number of hydrogen-bond acceptors (Lipinski definition) is 4. The minimum Gasteiger partial charge on any atom is -0.381 e. The molecule has 0 unspecified atom stereocenters. The first-order valence-electron chi connectivity index (χ1n) is 9.85. The zero-order valence-electron chi connectivity index (χ0n) is 17.0. The fourth-order valence-electron chi connectivity index (χ4n) is 3.55. The quantitative estimate of drug-likeness (QED) is 0.785. The molecular weight excluding hydrogens is 334 g/mol. The number of nitrogens with one attached hydrogen (secondary N) is 1. The Hall–Kier alpha value is -2.33. The highest BCUT2D eigenvalue weighted by Gasteiger charge is 2.18. The number of likely N-dealkylation sites (N-methyl/N-ethyl adjacent to an activating group) is 1. The lowest BCUT2D eigenvalue weighted by atomic mass is 10.0. The van der Waals surface area contributed by atoms with Crippen molar-refractivity contribution in [2.24, 2.45) is 0 Å². The van der Waals surface area contributed by atoms with E-state index in [0.29, 0.717) is 12.5 Å². The second kappa shape index (κ2) is 8.57. The van der Waals surface area contributed by atoms with Crippen LogP contribution in [-0.4, -0.2) is 50.0 Å². The number of Topliss-reactive ketones (excluding diaryl/α,β-unsaturated/α-hetero) is 1. The van der Waals surface area contributed by atoms with E-state index < -0.39 is 0 Å². The number of piperazine rings is 1. The van der Waals surface area contributed by atoms with Gasteiger partial charge in [-0.1, -0.05) is 29.8 Å². The van der Waals surface area contributed by atoms with Gasteiger partial charge in [-0.2, -0.15) is 0 Å². The summed E-state index contributed by atoms with van der Waals surface area (Å²) in [5.41, 5.74) is 5.33. The number of rotatable bonds is 6. The van der Waals surface area contributed by atoms with Crippen molar-refractivity contribution >= 4 is 17.2 Å². The van der Waals surface area contributed by atoms with E-state index in [1.807, 2.05) is 31.2 Å². The molecule has 27 heavy (non-hydrogen) atoms. The van der Waals surface area contributed by atoms with E-state index in [1.165, 1.54) is 5.69 Å². The fraction of sp³-hybridized carbons (Fsp3) is 0.435. The van der Waals surface area contributed by atoms with Crippen molar-refractivity contribution < 1.29 is 4.79 Å². The van der Waals surface area contributed by atoms with E-state index in [4.69, 9.17) is 0 Å². The zero-order chi connectivity index (χ0) is 19.4. The minimum atomic E-state index is 0.168. The predicted octanol–water partition coefficient (Wildman–Crippen LogP) is 3.99. The Balaban J connectivity index is 1.81. The number of aryl methyl sites for hydroxylation is 1. The molecule has 4 nitrogen and oxygen atoms in total. The normalized spacial score (nSPS) is 15.2. The van der Waals surface area contributed by atoms with E-state index in [-0.39, 0.29) is 5.78 Å². The van der Waals surface area contributed by atoms with Crippen LogP contribution >= 0.6 is 0 Å². The van der Waals surface area contributed by atoms with Gasteiger partial charge in [0.2, 0.25) is 0 Å². The van der Waals surface area contributed by atoms with Crippen molar-refractivity contribution in [2.45, 2.75) is 33.2 Å². The molecule has 1 aliphatic heterocycles. The lowest BCUT2D eigenvalue weighted by molar-refractivity contribution is 0.0993. The van der Waals surface area contributed by atoms with E-state index in [2.05, 4.69) is 54.2 Å². The second-order valence-corrected chi connectivity index (χ2v) is 7.91. The Morgan fingerprint density at radius 2 is 1.81 bits per heavy atom. The summed E-state index contributed by atoms with van der Waals surface area (Å²) in [4.78, 5) is 17.5. The van der Waals surface area contributed by atoms with Crippen molar-refractivity contribution in [3.8, 4) is 0 Å². The number of ketones is 1. The number of anilines is 2. The third-order valence-electron chi connectivity index (χ3n) is 5.05. The molecule has 2 aromatic carbocycles. The van der Waals surface area contributed by atoms with E-state index >= 15 is 0 Å². The Bertz CT molecular complexity index is 792. The van der Waals surface area contributed by atoms with Gasteiger partial charge < -0.3 is 15.1 Å². The molecule has 1 fully saturated rings. The van der Waals surface area contributed by atoms with Crippen molar-refractivity contribution in [2.75, 3.05) is 43.4 Å². The molecule has 0 spiro atoms. The highest BCUT2D eigenvalue weighted by molar-refractivity contribution is 5.97. The van der Waals surface area contributed by atoms with Gasteiger partial charge >= 0.3 is 0 Å². The molecule has 144 valence electrons. The van der Waals surface area contributed by atoms with Crippen molar-refractivity contribution in [3.05, 3.63) is 59.2 Å². The smallest absolute Gasteiger partial charge is 0.167 e. The van der Waals surface area contributed by atoms with Crippen LogP contribution in [0.25, 0.3) is 0 Å². The summed E-state index contributed by atoms with van der Waals surface area (Å²) in [6.07, 6.45) is 0.430. The average molecular weight is 366 g/mol. The van der Waals surface area contributed by atoms with Gasteiger partial charge in [0.15, 0.2) is 5.78 Å². The summed E-state index contributed by atoms with van der Waals surface area (Å²) >= 11 is 0. The van der Waals surface area contributed by atoms with Crippen LogP contribution in [0.1, 0.15) is 35.3 Å². The molecule has 0 radical (unpaired) electrons. The lowest BCUT2D eigenvalue weighted by Gasteiger charge is -2.35. The van der Waals surface area contributed by atoms with Crippen LogP contribution in [0.5, 0.6) is 0 Å². The molecule has 1 aliphatic rings. The van der Waals surface area contributed by atoms with Gasteiger partial charge in [0.1, 0.15) is 0 Å². The Morgan fingerprint density at radius 3 is 2.48 bits per heavy atom. The third-order valence-corrected chi connectivity index (χ3v) is 5.05. The van der Waals surface area contributed by atoms with Crippen LogP contribution in [0.4, 0.5) is 11.4 Å². The van der Waals surface area contributed by atoms with Gasteiger partial charge in [0.25, 0.3) is 0 Å². The second-order valence-electron chi connectivity index (χ2n) is 7.91. The van der Waals surface area contributed by atoms with Gasteiger partial charge in [0.05, 0.1) is 11.4 Å². The maximum atomic E-state index is 12.7. The summed E-state index contributed by atoms with van der Waals surface area (Å²) in [5, 5.41) is 3.58. The molecule has 0 bridgehead atoms. The molecular formula is C23H31N3O. The van der Waals surface area contributed by atoms with Crippen molar-refractivity contribution in [1.82, 2.24) is 4.90 Å². The van der Waals surface area contributed by atoms with Crippen LogP contribution in [0.15, 0.2) is 42.5 Å². The molecule has 1 heterocycles. The van der Waals surface area contributed by atoms with Crippen LogP contribution < -0.4 is 10.2 Å².